The molecule has 1 heterocycles. The Morgan fingerprint density at radius 3 is 2.46 bits per heavy atom. The van der Waals surface area contributed by atoms with E-state index in [2.05, 4.69) is 9.51 Å². The minimum absolute atomic E-state index is 0.157. The highest BCUT2D eigenvalue weighted by atomic mass is 32.2. The highest BCUT2D eigenvalue weighted by Crippen LogP contribution is 2.35. The van der Waals surface area contributed by atoms with E-state index >= 15 is 0 Å². The Morgan fingerprint density at radius 1 is 1.12 bits per heavy atom. The van der Waals surface area contributed by atoms with Crippen molar-refractivity contribution in [2.45, 2.75) is 11.3 Å². The molecule has 0 bridgehead atoms. The van der Waals surface area contributed by atoms with Gasteiger partial charge >= 0.3 is 7.82 Å². The van der Waals surface area contributed by atoms with Crippen LogP contribution in [0.1, 0.15) is 6.42 Å². The number of hydrogen-bond donors (Lipinski definition) is 4. The summed E-state index contributed by atoms with van der Waals surface area (Å²) >= 11 is 0. The number of hydrogen-bond acceptors (Lipinski definition) is 5. The van der Waals surface area contributed by atoms with Gasteiger partial charge in [-0.25, -0.2) is 4.57 Å². The molecule has 0 radical (unpaired) electrons. The molecule has 0 saturated carbocycles. The van der Waals surface area contributed by atoms with E-state index in [-0.39, 0.29) is 24.2 Å². The van der Waals surface area contributed by atoms with E-state index in [1.807, 2.05) is 0 Å². The fourth-order valence-corrected chi connectivity index (χ4v) is 4.05. The first-order valence-electron chi connectivity index (χ1n) is 7.68. The molecule has 2 aromatic carbocycles. The Balaban J connectivity index is 1.87. The summed E-state index contributed by atoms with van der Waals surface area (Å²) in [7, 11) is -5.94. The highest BCUT2D eigenvalue weighted by molar-refractivity contribution is 7.85. The Bertz CT molecular complexity index is 1110. The van der Waals surface area contributed by atoms with Gasteiger partial charge in [0.15, 0.2) is 5.43 Å². The second kappa shape index (κ2) is 7.30. The zero-order valence-electron chi connectivity index (χ0n) is 13.5. The summed E-state index contributed by atoms with van der Waals surface area (Å²) in [6.45, 7) is -0.200. The molecule has 1 unspecified atom stereocenters. The van der Waals surface area contributed by atoms with Gasteiger partial charge in [0, 0.05) is 38.1 Å². The molecule has 3 aromatic rings. The summed E-state index contributed by atoms with van der Waals surface area (Å²) in [6.07, 6.45) is 0.209. The van der Waals surface area contributed by atoms with Crippen molar-refractivity contribution >= 4 is 46.1 Å². The first-order chi connectivity index (χ1) is 12.2. The van der Waals surface area contributed by atoms with E-state index in [1.54, 1.807) is 36.4 Å². The molecule has 8 nitrogen and oxygen atoms in total. The zero-order valence-corrected chi connectivity index (χ0v) is 15.3. The van der Waals surface area contributed by atoms with Crippen molar-refractivity contribution in [3.05, 3.63) is 46.6 Å². The molecular formula is C16H17N2O6PS. The normalized spacial score (nSPS) is 13.3. The standard InChI is InChI=1S/C16H17N2O6PS/c17-10-2-4-14-12(8-10)16(19)13-9-11(3-5-15(13)18-14)26(23)7-1-6-24-25(20,21)22/h2-5,8-9H,1,6-7,17H2,(H,18,19)(H2,20,21,22). The van der Waals surface area contributed by atoms with Crippen molar-refractivity contribution in [1.82, 2.24) is 4.98 Å². The number of nitrogens with two attached hydrogens (primary N) is 1. The van der Waals surface area contributed by atoms with Gasteiger partial charge in [0.25, 0.3) is 0 Å². The molecule has 0 amide bonds. The predicted octanol–water partition coefficient (Wildman–Crippen LogP) is 1.87. The highest BCUT2D eigenvalue weighted by Gasteiger charge is 2.14. The van der Waals surface area contributed by atoms with Crippen LogP contribution in [0, 0.1) is 0 Å². The number of pyridine rings is 1. The minimum atomic E-state index is -4.52. The molecule has 0 fully saturated rings. The number of aromatic nitrogens is 1. The summed E-state index contributed by atoms with van der Waals surface area (Å²) in [5.41, 5.74) is 7.31. The molecule has 3 rings (SSSR count). The lowest BCUT2D eigenvalue weighted by Gasteiger charge is -2.07. The summed E-state index contributed by atoms with van der Waals surface area (Å²) in [5.74, 6) is 0.157. The molecule has 10 heteroatoms. The second-order valence-electron chi connectivity index (χ2n) is 5.69. The summed E-state index contributed by atoms with van der Waals surface area (Å²) < 4.78 is 27.3. The third-order valence-corrected chi connectivity index (χ3v) is 5.75. The lowest BCUT2D eigenvalue weighted by molar-refractivity contribution is 0.198. The molecule has 5 N–H and O–H groups in total. The van der Waals surface area contributed by atoms with Crippen LogP contribution in [0.15, 0.2) is 46.1 Å². The van der Waals surface area contributed by atoms with Crippen molar-refractivity contribution in [1.29, 1.82) is 0 Å². The van der Waals surface area contributed by atoms with Crippen LogP contribution in [-0.4, -0.2) is 31.3 Å². The van der Waals surface area contributed by atoms with Gasteiger partial charge in [0.1, 0.15) is 0 Å². The Labute approximate surface area is 150 Å². The monoisotopic (exact) mass is 396 g/mol. The van der Waals surface area contributed by atoms with E-state index in [9.17, 15) is 13.6 Å². The molecule has 26 heavy (non-hydrogen) atoms. The second-order valence-corrected chi connectivity index (χ2v) is 8.50. The average Bonchev–Trinajstić information content (AvgIpc) is 2.58. The Kier molecular flexibility index (Phi) is 5.27. The average molecular weight is 396 g/mol. The van der Waals surface area contributed by atoms with E-state index in [1.165, 1.54) is 0 Å². The van der Waals surface area contributed by atoms with Crippen molar-refractivity contribution < 1.29 is 23.1 Å². The minimum Gasteiger partial charge on any atom is -0.399 e. The fraction of sp³-hybridized carbons (Fsp3) is 0.188. The first-order valence-corrected chi connectivity index (χ1v) is 10.5. The lowest BCUT2D eigenvalue weighted by atomic mass is 10.1. The van der Waals surface area contributed by atoms with E-state index in [0.717, 1.165) is 0 Å². The molecule has 0 spiro atoms. The van der Waals surface area contributed by atoms with Crippen LogP contribution < -0.4 is 11.2 Å². The van der Waals surface area contributed by atoms with E-state index < -0.39 is 18.6 Å². The number of nitrogens with one attached hydrogen (secondary N) is 1. The molecule has 0 saturated heterocycles. The maximum absolute atomic E-state index is 12.7. The van der Waals surface area contributed by atoms with Crippen molar-refractivity contribution in [2.24, 2.45) is 0 Å². The van der Waals surface area contributed by atoms with Gasteiger partial charge < -0.3 is 20.5 Å². The van der Waals surface area contributed by atoms with Crippen LogP contribution in [0.25, 0.3) is 21.8 Å². The van der Waals surface area contributed by atoms with Crippen LogP contribution in [0.2, 0.25) is 0 Å². The number of anilines is 1. The van der Waals surface area contributed by atoms with Gasteiger partial charge in [0.05, 0.1) is 17.4 Å². The summed E-state index contributed by atoms with van der Waals surface area (Å²) in [6, 6.07) is 9.94. The van der Waals surface area contributed by atoms with Gasteiger partial charge in [-0.05, 0) is 42.8 Å². The topological polar surface area (TPSA) is 143 Å². The first kappa shape index (κ1) is 18.8. The van der Waals surface area contributed by atoms with Crippen molar-refractivity contribution in [2.75, 3.05) is 18.1 Å². The lowest BCUT2D eigenvalue weighted by Crippen LogP contribution is -2.07. The number of rotatable bonds is 6. The predicted molar refractivity (Wildman–Crippen MR) is 100 cm³/mol. The Morgan fingerprint density at radius 2 is 1.77 bits per heavy atom. The number of fused-ring (bicyclic) bond motifs is 2. The zero-order chi connectivity index (χ0) is 18.9. The van der Waals surface area contributed by atoms with Crippen LogP contribution in [0.5, 0.6) is 0 Å². The Hall–Kier alpha value is -2.03. The molecular weight excluding hydrogens is 379 g/mol. The van der Waals surface area contributed by atoms with Crippen molar-refractivity contribution in [3.8, 4) is 0 Å². The largest absolute Gasteiger partial charge is 0.469 e. The third-order valence-electron chi connectivity index (χ3n) is 3.79. The van der Waals surface area contributed by atoms with Gasteiger partial charge in [-0.3, -0.25) is 13.5 Å². The number of benzene rings is 2. The molecule has 1 aromatic heterocycles. The molecule has 0 aliphatic heterocycles. The number of phosphoric ester groups is 1. The van der Waals surface area contributed by atoms with Gasteiger partial charge in [-0.2, -0.15) is 0 Å². The van der Waals surface area contributed by atoms with Crippen LogP contribution in [-0.2, 0) is 19.9 Å². The molecule has 138 valence electrons. The third kappa shape index (κ3) is 4.20. The fourth-order valence-electron chi connectivity index (χ4n) is 2.60. The van der Waals surface area contributed by atoms with Crippen LogP contribution >= 0.6 is 7.82 Å². The quantitative estimate of drug-likeness (QED) is 0.216. The number of nitrogen functional groups attached to an aromatic ring is 1. The van der Waals surface area contributed by atoms with Crippen molar-refractivity contribution in [3.63, 3.8) is 0 Å². The maximum Gasteiger partial charge on any atom is 0.469 e. The number of aromatic amines is 1. The van der Waals surface area contributed by atoms with Gasteiger partial charge in [-0.1, -0.05) is 0 Å². The van der Waals surface area contributed by atoms with Gasteiger partial charge in [-0.15, -0.1) is 0 Å². The number of phosphoric acid groups is 1. The molecule has 1 atom stereocenters. The summed E-state index contributed by atoms with van der Waals surface area (Å²) in [4.78, 5) is 33.6. The van der Waals surface area contributed by atoms with Gasteiger partial charge in [0.2, 0.25) is 0 Å². The van der Waals surface area contributed by atoms with Crippen LogP contribution in [0.3, 0.4) is 0 Å². The smallest absolute Gasteiger partial charge is 0.399 e. The SMILES string of the molecule is Nc1ccc2[nH]c3ccc(S(=O)CCCOP(=O)(O)O)cc3c(=O)c2c1. The molecule has 0 aliphatic carbocycles. The number of H-pyrrole nitrogens is 1. The van der Waals surface area contributed by atoms with Crippen LogP contribution in [0.4, 0.5) is 5.69 Å². The maximum atomic E-state index is 12.7. The molecule has 0 aliphatic rings. The van der Waals surface area contributed by atoms with E-state index in [0.29, 0.717) is 32.4 Å². The van der Waals surface area contributed by atoms with E-state index in [4.69, 9.17) is 15.5 Å². The summed E-state index contributed by atoms with van der Waals surface area (Å²) in [5, 5.41) is 0.857.